The lowest BCUT2D eigenvalue weighted by molar-refractivity contribution is 0.0940. The molecule has 0 saturated carbocycles. The van der Waals surface area contributed by atoms with Gasteiger partial charge in [-0.2, -0.15) is 5.10 Å². The Kier molecular flexibility index (Phi) is 6.99. The largest absolute Gasteiger partial charge is 0.505 e. The summed E-state index contributed by atoms with van der Waals surface area (Å²) in [4.78, 5) is 19.2. The zero-order valence-corrected chi connectivity index (χ0v) is 20.7. The van der Waals surface area contributed by atoms with E-state index in [0.717, 1.165) is 5.56 Å². The van der Waals surface area contributed by atoms with Gasteiger partial charge in [0.2, 0.25) is 0 Å². The van der Waals surface area contributed by atoms with E-state index in [0.29, 0.717) is 42.3 Å². The number of carbonyl (C=O) groups is 1. The number of benzene rings is 2. The standard InChI is InChI=1S/C23H27Cl2N7O2/c1-12-6-16(22(26)27-3)21(33)19(7-12)31-5-4-14(10-31)29-23(34)20-17(24)8-15(9-18(20)25)32-11-28-13(2)30-32/h6-9,11,14,22,27,33H,4-5,10,26H2,1-3H3,(H,29,34). The van der Waals surface area contributed by atoms with Crippen LogP contribution in [0.5, 0.6) is 5.75 Å². The SMILES string of the molecule is CNC(N)c1cc(C)cc(N2CCC(NC(=O)c3c(Cl)cc(-n4cnc(C)n4)cc3Cl)C2)c1O. The third-order valence-electron chi connectivity index (χ3n) is 5.90. The van der Waals surface area contributed by atoms with Gasteiger partial charge in [-0.25, -0.2) is 9.67 Å². The minimum absolute atomic E-state index is 0.140. The number of carbonyl (C=O) groups excluding carboxylic acids is 1. The molecule has 0 aliphatic carbocycles. The van der Waals surface area contributed by atoms with Crippen LogP contribution in [-0.4, -0.2) is 52.0 Å². The van der Waals surface area contributed by atoms with Crippen LogP contribution >= 0.6 is 23.2 Å². The Labute approximate surface area is 207 Å². The summed E-state index contributed by atoms with van der Waals surface area (Å²) in [6, 6.07) is 6.91. The zero-order valence-electron chi connectivity index (χ0n) is 19.1. The van der Waals surface area contributed by atoms with Crippen LogP contribution in [0.15, 0.2) is 30.6 Å². The maximum absolute atomic E-state index is 13.0. The highest BCUT2D eigenvalue weighted by Gasteiger charge is 2.29. The first kappa shape index (κ1) is 24.3. The molecule has 0 bridgehead atoms. The number of aromatic nitrogens is 3. The van der Waals surface area contributed by atoms with Crippen molar-refractivity contribution in [2.75, 3.05) is 25.0 Å². The highest BCUT2D eigenvalue weighted by Crippen LogP contribution is 2.36. The number of aryl methyl sites for hydroxylation is 2. The lowest BCUT2D eigenvalue weighted by atomic mass is 10.1. The molecule has 4 rings (SSSR count). The average molecular weight is 504 g/mol. The molecule has 5 N–H and O–H groups in total. The molecular weight excluding hydrogens is 477 g/mol. The van der Waals surface area contributed by atoms with E-state index in [1.807, 2.05) is 24.0 Å². The van der Waals surface area contributed by atoms with Gasteiger partial charge < -0.3 is 26.4 Å². The molecule has 180 valence electrons. The molecule has 1 aliphatic rings. The Hall–Kier alpha value is -2.85. The van der Waals surface area contributed by atoms with Crippen LogP contribution in [0, 0.1) is 13.8 Å². The number of nitrogens with two attached hydrogens (primary N) is 1. The molecule has 3 aromatic rings. The van der Waals surface area contributed by atoms with Crippen molar-refractivity contribution in [3.05, 3.63) is 63.2 Å². The molecule has 2 unspecified atom stereocenters. The van der Waals surface area contributed by atoms with E-state index in [4.69, 9.17) is 28.9 Å². The minimum Gasteiger partial charge on any atom is -0.505 e. The number of anilines is 1. The van der Waals surface area contributed by atoms with E-state index < -0.39 is 6.17 Å². The number of nitrogens with one attached hydrogen (secondary N) is 2. The van der Waals surface area contributed by atoms with Crippen LogP contribution < -0.4 is 21.3 Å². The normalized spacial score (nSPS) is 16.6. The fourth-order valence-corrected chi connectivity index (χ4v) is 4.80. The molecule has 34 heavy (non-hydrogen) atoms. The first-order valence-electron chi connectivity index (χ1n) is 10.9. The summed E-state index contributed by atoms with van der Waals surface area (Å²) in [5, 5.41) is 21.5. The van der Waals surface area contributed by atoms with Crippen molar-refractivity contribution in [3.63, 3.8) is 0 Å². The third-order valence-corrected chi connectivity index (χ3v) is 6.49. The number of halogens is 2. The van der Waals surface area contributed by atoms with Crippen LogP contribution in [0.3, 0.4) is 0 Å². The summed E-state index contributed by atoms with van der Waals surface area (Å²) in [6.45, 7) is 4.93. The minimum atomic E-state index is -0.481. The van der Waals surface area contributed by atoms with E-state index in [1.54, 1.807) is 37.1 Å². The number of hydrogen-bond donors (Lipinski definition) is 4. The van der Waals surface area contributed by atoms with Crippen LogP contribution in [0.1, 0.15) is 39.9 Å². The van der Waals surface area contributed by atoms with E-state index in [9.17, 15) is 9.90 Å². The molecule has 2 heterocycles. The average Bonchev–Trinajstić information content (AvgIpc) is 3.43. The second-order valence-corrected chi connectivity index (χ2v) is 9.23. The van der Waals surface area contributed by atoms with E-state index in [-0.39, 0.29) is 33.3 Å². The van der Waals surface area contributed by atoms with Gasteiger partial charge in [0.05, 0.1) is 33.1 Å². The number of nitrogens with zero attached hydrogens (tertiary/aromatic N) is 4. The van der Waals surface area contributed by atoms with E-state index in [1.165, 1.54) is 0 Å². The molecule has 1 fully saturated rings. The monoisotopic (exact) mass is 503 g/mol. The molecule has 2 atom stereocenters. The van der Waals surface area contributed by atoms with E-state index in [2.05, 4.69) is 20.7 Å². The summed E-state index contributed by atoms with van der Waals surface area (Å²) in [6.07, 6.45) is 1.78. The number of amides is 1. The van der Waals surface area contributed by atoms with Gasteiger partial charge in [-0.15, -0.1) is 0 Å². The van der Waals surface area contributed by atoms with Gasteiger partial charge in [-0.3, -0.25) is 4.79 Å². The number of hydrogen-bond acceptors (Lipinski definition) is 7. The van der Waals surface area contributed by atoms with Crippen molar-refractivity contribution in [2.45, 2.75) is 32.5 Å². The van der Waals surface area contributed by atoms with Crippen molar-refractivity contribution >= 4 is 34.8 Å². The lowest BCUT2D eigenvalue weighted by Crippen LogP contribution is -2.37. The van der Waals surface area contributed by atoms with Crippen molar-refractivity contribution in [1.29, 1.82) is 0 Å². The Morgan fingerprint density at radius 2 is 1.94 bits per heavy atom. The summed E-state index contributed by atoms with van der Waals surface area (Å²) < 4.78 is 1.55. The molecule has 0 radical (unpaired) electrons. The fourth-order valence-electron chi connectivity index (χ4n) is 4.15. The zero-order chi connectivity index (χ0) is 24.6. The second-order valence-electron chi connectivity index (χ2n) is 8.41. The molecule has 2 aromatic carbocycles. The van der Waals surface area contributed by atoms with Crippen molar-refractivity contribution in [3.8, 4) is 11.4 Å². The smallest absolute Gasteiger partial charge is 0.254 e. The number of rotatable bonds is 6. The molecule has 0 spiro atoms. The Morgan fingerprint density at radius 3 is 2.56 bits per heavy atom. The van der Waals surface area contributed by atoms with Gasteiger partial charge in [0.25, 0.3) is 5.91 Å². The molecule has 1 saturated heterocycles. The Balaban J connectivity index is 1.49. The second kappa shape index (κ2) is 9.79. The van der Waals surface area contributed by atoms with Crippen LogP contribution in [0.2, 0.25) is 10.0 Å². The maximum atomic E-state index is 13.0. The molecule has 1 aliphatic heterocycles. The van der Waals surface area contributed by atoms with Crippen molar-refractivity contribution in [1.82, 2.24) is 25.4 Å². The molecular formula is C23H27Cl2N7O2. The number of aromatic hydroxyl groups is 1. The highest BCUT2D eigenvalue weighted by molar-refractivity contribution is 6.40. The maximum Gasteiger partial charge on any atom is 0.254 e. The lowest BCUT2D eigenvalue weighted by Gasteiger charge is -2.24. The molecule has 1 aromatic heterocycles. The molecule has 9 nitrogen and oxygen atoms in total. The molecule has 1 amide bonds. The van der Waals surface area contributed by atoms with Gasteiger partial charge in [0.1, 0.15) is 17.9 Å². The van der Waals surface area contributed by atoms with Gasteiger partial charge in [0, 0.05) is 24.7 Å². The van der Waals surface area contributed by atoms with Gasteiger partial charge >= 0.3 is 0 Å². The summed E-state index contributed by atoms with van der Waals surface area (Å²) >= 11 is 12.9. The number of phenolic OH excluding ortho intramolecular Hbond substituents is 1. The highest BCUT2D eigenvalue weighted by atomic mass is 35.5. The van der Waals surface area contributed by atoms with Crippen molar-refractivity contribution in [2.24, 2.45) is 5.73 Å². The van der Waals surface area contributed by atoms with Gasteiger partial charge in [0.15, 0.2) is 0 Å². The van der Waals surface area contributed by atoms with Crippen LogP contribution in [-0.2, 0) is 0 Å². The quantitative estimate of drug-likeness (QED) is 0.381. The third kappa shape index (κ3) is 4.83. The Bertz CT molecular complexity index is 1210. The van der Waals surface area contributed by atoms with Gasteiger partial charge in [-0.05, 0) is 57.1 Å². The predicted octanol–water partition coefficient (Wildman–Crippen LogP) is 3.08. The summed E-state index contributed by atoms with van der Waals surface area (Å²) in [5.41, 5.74) is 9.23. The van der Waals surface area contributed by atoms with Crippen molar-refractivity contribution < 1.29 is 9.90 Å². The van der Waals surface area contributed by atoms with E-state index >= 15 is 0 Å². The summed E-state index contributed by atoms with van der Waals surface area (Å²) in [5.74, 6) is 0.401. The first-order chi connectivity index (χ1) is 16.2. The topological polar surface area (TPSA) is 121 Å². The van der Waals surface area contributed by atoms with Crippen LogP contribution in [0.25, 0.3) is 5.69 Å². The van der Waals surface area contributed by atoms with Gasteiger partial charge in [-0.1, -0.05) is 23.2 Å². The molecule has 11 heteroatoms. The predicted molar refractivity (Wildman–Crippen MR) is 133 cm³/mol. The fraction of sp³-hybridized carbons (Fsp3) is 0.348. The first-order valence-corrected chi connectivity index (χ1v) is 11.6. The van der Waals surface area contributed by atoms with Crippen LogP contribution in [0.4, 0.5) is 5.69 Å². The summed E-state index contributed by atoms with van der Waals surface area (Å²) in [7, 11) is 1.74. The number of phenols is 1. The Morgan fingerprint density at radius 1 is 1.24 bits per heavy atom.